The van der Waals surface area contributed by atoms with E-state index in [1.54, 1.807) is 9.80 Å². The minimum absolute atomic E-state index is 0.0207. The number of fused-ring (bicyclic) bond motifs is 2. The van der Waals surface area contributed by atoms with Gasteiger partial charge in [-0.2, -0.15) is 0 Å². The number of amides is 4. The van der Waals surface area contributed by atoms with Gasteiger partial charge in [0, 0.05) is 32.0 Å². The van der Waals surface area contributed by atoms with Crippen LogP contribution in [0.2, 0.25) is 0 Å². The van der Waals surface area contributed by atoms with Crippen LogP contribution >= 0.6 is 0 Å². The third-order valence-corrected chi connectivity index (χ3v) is 8.18. The van der Waals surface area contributed by atoms with Gasteiger partial charge in [-0.1, -0.05) is 42.5 Å². The van der Waals surface area contributed by atoms with E-state index < -0.39 is 24.2 Å². The molecule has 3 aliphatic heterocycles. The van der Waals surface area contributed by atoms with Crippen molar-refractivity contribution in [1.82, 2.24) is 20.4 Å². The highest BCUT2D eigenvalue weighted by Gasteiger charge is 2.44. The first-order chi connectivity index (χ1) is 20.1. The van der Waals surface area contributed by atoms with Gasteiger partial charge in [-0.25, -0.2) is 0 Å². The van der Waals surface area contributed by atoms with Crippen LogP contribution in [0, 0.1) is 0 Å². The Morgan fingerprint density at radius 1 is 0.762 bits per heavy atom. The Kier molecular flexibility index (Phi) is 8.85. The Labute approximate surface area is 248 Å². The molecule has 0 aromatic heterocycles. The SMILES string of the molecule is CC(C)(C)Oc1ccc(CC2NC(=O)CC(Cc3ccccc3)NC(=O)C3CCCN3C(=O)C3CCCN3C2=O)cc1. The average molecular weight is 575 g/mol. The van der Waals surface area contributed by atoms with E-state index >= 15 is 0 Å². The summed E-state index contributed by atoms with van der Waals surface area (Å²) in [7, 11) is 0. The normalized spacial score (nSPS) is 25.5. The molecule has 2 N–H and O–H groups in total. The highest BCUT2D eigenvalue weighted by Crippen LogP contribution is 2.27. The van der Waals surface area contributed by atoms with E-state index in [1.807, 2.05) is 75.4 Å². The number of carbonyl (C=O) groups is 4. The lowest BCUT2D eigenvalue weighted by Crippen LogP contribution is -2.56. The van der Waals surface area contributed by atoms with Crippen LogP contribution in [0.3, 0.4) is 0 Å². The van der Waals surface area contributed by atoms with Crippen molar-refractivity contribution in [3.63, 3.8) is 0 Å². The van der Waals surface area contributed by atoms with Crippen LogP contribution in [0.5, 0.6) is 5.75 Å². The van der Waals surface area contributed by atoms with Crippen LogP contribution in [0.25, 0.3) is 0 Å². The average Bonchev–Trinajstić information content (AvgIpc) is 3.63. The molecule has 4 amide bonds. The van der Waals surface area contributed by atoms with Crippen molar-refractivity contribution in [2.45, 2.75) is 95.5 Å². The molecule has 3 heterocycles. The van der Waals surface area contributed by atoms with Crippen molar-refractivity contribution >= 4 is 23.6 Å². The smallest absolute Gasteiger partial charge is 0.246 e. The van der Waals surface area contributed by atoms with Gasteiger partial charge in [0.1, 0.15) is 29.5 Å². The molecule has 3 fully saturated rings. The number of nitrogens with zero attached hydrogens (tertiary/aromatic N) is 2. The molecule has 9 nitrogen and oxygen atoms in total. The molecule has 0 saturated carbocycles. The van der Waals surface area contributed by atoms with Crippen LogP contribution in [-0.4, -0.2) is 76.3 Å². The second-order valence-corrected chi connectivity index (χ2v) is 12.7. The predicted molar refractivity (Wildman–Crippen MR) is 159 cm³/mol. The summed E-state index contributed by atoms with van der Waals surface area (Å²) in [6, 6.07) is 14.7. The van der Waals surface area contributed by atoms with Gasteiger partial charge in [-0.3, -0.25) is 19.2 Å². The first-order valence-corrected chi connectivity index (χ1v) is 15.1. The van der Waals surface area contributed by atoms with E-state index in [9.17, 15) is 19.2 Å². The summed E-state index contributed by atoms with van der Waals surface area (Å²) in [6.45, 7) is 6.87. The van der Waals surface area contributed by atoms with Crippen LogP contribution < -0.4 is 15.4 Å². The standard InChI is InChI=1S/C33H42N4O5/c1-33(2,3)42-25-15-13-23(14-16-25)20-26-31(40)37-18-8-12-28(37)32(41)36-17-7-11-27(36)30(39)34-24(21-29(38)35-26)19-22-9-5-4-6-10-22/h4-6,9-10,13-16,24,26-28H,7-8,11-12,17-21H2,1-3H3,(H,34,39)(H,35,38). The summed E-state index contributed by atoms with van der Waals surface area (Å²) in [6.07, 6.45) is 3.30. The summed E-state index contributed by atoms with van der Waals surface area (Å²) in [5.41, 5.74) is 1.52. The summed E-state index contributed by atoms with van der Waals surface area (Å²) < 4.78 is 5.94. The van der Waals surface area contributed by atoms with E-state index in [2.05, 4.69) is 10.6 Å². The van der Waals surface area contributed by atoms with Crippen LogP contribution in [0.4, 0.5) is 0 Å². The fourth-order valence-electron chi connectivity index (χ4n) is 6.31. The van der Waals surface area contributed by atoms with Crippen molar-refractivity contribution in [3.05, 3.63) is 65.7 Å². The Balaban J connectivity index is 1.43. The number of carbonyl (C=O) groups excluding carboxylic acids is 4. The molecular weight excluding hydrogens is 532 g/mol. The number of hydrogen-bond acceptors (Lipinski definition) is 5. The Hall–Kier alpha value is -3.88. The van der Waals surface area contributed by atoms with Crippen molar-refractivity contribution in [2.24, 2.45) is 0 Å². The van der Waals surface area contributed by atoms with E-state index in [1.165, 1.54) is 0 Å². The van der Waals surface area contributed by atoms with Gasteiger partial charge in [-0.15, -0.1) is 0 Å². The molecule has 2 aromatic carbocycles. The predicted octanol–water partition coefficient (Wildman–Crippen LogP) is 3.00. The molecular formula is C33H42N4O5. The lowest BCUT2D eigenvalue weighted by molar-refractivity contribution is -0.147. The van der Waals surface area contributed by atoms with Crippen molar-refractivity contribution in [2.75, 3.05) is 13.1 Å². The first kappa shape index (κ1) is 29.6. The zero-order valence-corrected chi connectivity index (χ0v) is 24.8. The van der Waals surface area contributed by atoms with Gasteiger partial charge in [-0.05, 0) is 76.1 Å². The maximum Gasteiger partial charge on any atom is 0.246 e. The lowest BCUT2D eigenvalue weighted by Gasteiger charge is -2.32. The largest absolute Gasteiger partial charge is 0.488 e. The first-order valence-electron chi connectivity index (χ1n) is 15.1. The van der Waals surface area contributed by atoms with Crippen LogP contribution in [0.1, 0.15) is 64.0 Å². The molecule has 224 valence electrons. The van der Waals surface area contributed by atoms with E-state index in [0.717, 1.165) is 23.3 Å². The number of ether oxygens (including phenoxy) is 1. The van der Waals surface area contributed by atoms with Crippen molar-refractivity contribution in [1.29, 1.82) is 0 Å². The maximum absolute atomic E-state index is 14.0. The Morgan fingerprint density at radius 2 is 1.38 bits per heavy atom. The molecule has 4 atom stereocenters. The second kappa shape index (κ2) is 12.5. The fourth-order valence-corrected chi connectivity index (χ4v) is 6.31. The van der Waals surface area contributed by atoms with Crippen LogP contribution in [-0.2, 0) is 32.0 Å². The van der Waals surface area contributed by atoms with Gasteiger partial charge in [0.15, 0.2) is 0 Å². The number of rotatable bonds is 5. The fraction of sp³-hybridized carbons (Fsp3) is 0.515. The number of nitrogens with one attached hydrogen (secondary N) is 2. The molecule has 0 bridgehead atoms. The monoisotopic (exact) mass is 574 g/mol. The zero-order valence-electron chi connectivity index (χ0n) is 24.8. The summed E-state index contributed by atoms with van der Waals surface area (Å²) in [4.78, 5) is 58.1. The van der Waals surface area contributed by atoms with E-state index in [0.29, 0.717) is 38.8 Å². The highest BCUT2D eigenvalue weighted by atomic mass is 16.5. The van der Waals surface area contributed by atoms with Gasteiger partial charge in [0.05, 0.1) is 0 Å². The molecule has 0 aliphatic carbocycles. The zero-order chi connectivity index (χ0) is 29.9. The third kappa shape index (κ3) is 7.12. The molecule has 3 saturated heterocycles. The molecule has 42 heavy (non-hydrogen) atoms. The maximum atomic E-state index is 14.0. The van der Waals surface area contributed by atoms with Gasteiger partial charge < -0.3 is 25.2 Å². The molecule has 0 radical (unpaired) electrons. The quantitative estimate of drug-likeness (QED) is 0.571. The summed E-state index contributed by atoms with van der Waals surface area (Å²) in [5, 5.41) is 6.06. The van der Waals surface area contributed by atoms with Crippen molar-refractivity contribution in [3.8, 4) is 5.75 Å². The Morgan fingerprint density at radius 3 is 2.05 bits per heavy atom. The number of benzene rings is 2. The van der Waals surface area contributed by atoms with E-state index in [4.69, 9.17) is 4.74 Å². The van der Waals surface area contributed by atoms with Gasteiger partial charge >= 0.3 is 0 Å². The summed E-state index contributed by atoms with van der Waals surface area (Å²) >= 11 is 0. The van der Waals surface area contributed by atoms with Gasteiger partial charge in [0.2, 0.25) is 23.6 Å². The molecule has 2 aromatic rings. The molecule has 4 unspecified atom stereocenters. The molecule has 5 rings (SSSR count). The topological polar surface area (TPSA) is 108 Å². The number of hydrogen-bond donors (Lipinski definition) is 2. The second-order valence-electron chi connectivity index (χ2n) is 12.7. The van der Waals surface area contributed by atoms with Crippen LogP contribution in [0.15, 0.2) is 54.6 Å². The van der Waals surface area contributed by atoms with Gasteiger partial charge in [0.25, 0.3) is 0 Å². The van der Waals surface area contributed by atoms with E-state index in [-0.39, 0.29) is 42.1 Å². The minimum Gasteiger partial charge on any atom is -0.488 e. The lowest BCUT2D eigenvalue weighted by atomic mass is 10.0. The Bertz CT molecular complexity index is 1290. The minimum atomic E-state index is -0.844. The third-order valence-electron chi connectivity index (χ3n) is 8.18. The molecule has 3 aliphatic rings. The highest BCUT2D eigenvalue weighted by molar-refractivity contribution is 5.95. The molecule has 0 spiro atoms. The van der Waals surface area contributed by atoms with Crippen molar-refractivity contribution < 1.29 is 23.9 Å². The summed E-state index contributed by atoms with van der Waals surface area (Å²) in [5.74, 6) is -0.263. The molecule has 9 heteroatoms.